The lowest BCUT2D eigenvalue weighted by Gasteiger charge is -2.09. The number of anilines is 2. The Balaban J connectivity index is 1.57. The number of aromatic nitrogens is 2. The summed E-state index contributed by atoms with van der Waals surface area (Å²) in [6.07, 6.45) is 3.27. The van der Waals surface area contributed by atoms with E-state index in [1.165, 1.54) is 18.5 Å². The van der Waals surface area contributed by atoms with Crippen molar-refractivity contribution in [1.82, 2.24) is 15.3 Å². The van der Waals surface area contributed by atoms with E-state index in [1.54, 1.807) is 24.3 Å². The Morgan fingerprint density at radius 3 is 2.70 bits per heavy atom. The molecule has 1 heterocycles. The van der Waals surface area contributed by atoms with Crippen LogP contribution < -0.4 is 10.6 Å². The molecule has 0 fully saturated rings. The van der Waals surface area contributed by atoms with Gasteiger partial charge in [-0.05, 0) is 42.7 Å². The third kappa shape index (κ3) is 5.01. The van der Waals surface area contributed by atoms with Gasteiger partial charge in [0.05, 0.1) is 12.4 Å². The summed E-state index contributed by atoms with van der Waals surface area (Å²) in [6, 6.07) is 12.0. The molecule has 2 aromatic carbocycles. The second-order valence-electron chi connectivity index (χ2n) is 5.97. The number of nitrogens with zero attached hydrogens (tertiary/aromatic N) is 2. The molecule has 2 N–H and O–H groups in total. The predicted octanol–water partition coefficient (Wildman–Crippen LogP) is 4.29. The van der Waals surface area contributed by atoms with Gasteiger partial charge < -0.3 is 10.6 Å². The van der Waals surface area contributed by atoms with Gasteiger partial charge in [0.1, 0.15) is 17.3 Å². The van der Waals surface area contributed by atoms with Gasteiger partial charge in [-0.25, -0.2) is 14.4 Å². The first-order valence-electron chi connectivity index (χ1n) is 8.40. The van der Waals surface area contributed by atoms with E-state index in [0.717, 1.165) is 11.3 Å². The lowest BCUT2D eigenvalue weighted by molar-refractivity contribution is 0.0948. The molecule has 0 bridgehead atoms. The van der Waals surface area contributed by atoms with Crippen LogP contribution in [0, 0.1) is 12.7 Å². The average molecular weight is 385 g/mol. The van der Waals surface area contributed by atoms with Crippen molar-refractivity contribution in [3.8, 4) is 0 Å². The lowest BCUT2D eigenvalue weighted by atomic mass is 10.1. The van der Waals surface area contributed by atoms with Crippen molar-refractivity contribution >= 4 is 29.0 Å². The SMILES string of the molecule is Cc1ccc(Cl)cc1Nc1cnc(C(=O)NCCc2ccccc2F)cn1. The zero-order chi connectivity index (χ0) is 19.2. The third-order valence-corrected chi connectivity index (χ3v) is 4.22. The smallest absolute Gasteiger partial charge is 0.271 e. The minimum absolute atomic E-state index is 0.192. The van der Waals surface area contributed by atoms with Gasteiger partial charge in [0.25, 0.3) is 5.91 Å². The minimum atomic E-state index is -0.357. The minimum Gasteiger partial charge on any atom is -0.350 e. The maximum Gasteiger partial charge on any atom is 0.271 e. The molecular formula is C20H18ClFN4O. The van der Waals surface area contributed by atoms with Crippen LogP contribution in [0.4, 0.5) is 15.9 Å². The van der Waals surface area contributed by atoms with Crippen molar-refractivity contribution in [3.63, 3.8) is 0 Å². The van der Waals surface area contributed by atoms with Gasteiger partial charge in [-0.15, -0.1) is 0 Å². The Bertz CT molecular complexity index is 947. The van der Waals surface area contributed by atoms with Gasteiger partial charge in [0.15, 0.2) is 0 Å². The van der Waals surface area contributed by atoms with Gasteiger partial charge in [0, 0.05) is 17.3 Å². The molecule has 27 heavy (non-hydrogen) atoms. The molecule has 0 saturated heterocycles. The lowest BCUT2D eigenvalue weighted by Crippen LogP contribution is -2.26. The first kappa shape index (κ1) is 18.8. The molecule has 0 saturated carbocycles. The highest BCUT2D eigenvalue weighted by molar-refractivity contribution is 6.30. The molecule has 3 rings (SSSR count). The number of halogens is 2. The fourth-order valence-corrected chi connectivity index (χ4v) is 2.65. The van der Waals surface area contributed by atoms with Crippen LogP contribution in [0.5, 0.6) is 0 Å². The van der Waals surface area contributed by atoms with Crippen LogP contribution in [0.15, 0.2) is 54.9 Å². The molecule has 0 aliphatic rings. The molecule has 0 radical (unpaired) electrons. The number of carbonyl (C=O) groups is 1. The largest absolute Gasteiger partial charge is 0.350 e. The second-order valence-corrected chi connectivity index (χ2v) is 6.40. The van der Waals surface area contributed by atoms with Crippen molar-refractivity contribution in [2.75, 3.05) is 11.9 Å². The molecule has 1 aromatic heterocycles. The van der Waals surface area contributed by atoms with Gasteiger partial charge in [-0.1, -0.05) is 35.9 Å². The normalized spacial score (nSPS) is 10.5. The number of carbonyl (C=O) groups excluding carboxylic acids is 1. The fourth-order valence-electron chi connectivity index (χ4n) is 2.48. The van der Waals surface area contributed by atoms with Crippen LogP contribution in [0.3, 0.4) is 0 Å². The van der Waals surface area contributed by atoms with Crippen molar-refractivity contribution in [2.45, 2.75) is 13.3 Å². The third-order valence-electron chi connectivity index (χ3n) is 3.98. The number of amides is 1. The molecule has 0 atom stereocenters. The van der Waals surface area contributed by atoms with Gasteiger partial charge in [0.2, 0.25) is 0 Å². The monoisotopic (exact) mass is 384 g/mol. The number of rotatable bonds is 6. The summed E-state index contributed by atoms with van der Waals surface area (Å²) in [6.45, 7) is 2.26. The summed E-state index contributed by atoms with van der Waals surface area (Å²) in [5, 5.41) is 6.45. The van der Waals surface area contributed by atoms with Crippen molar-refractivity contribution < 1.29 is 9.18 Å². The molecule has 0 aliphatic heterocycles. The van der Waals surface area contributed by atoms with Gasteiger partial charge >= 0.3 is 0 Å². The van der Waals surface area contributed by atoms with Crippen LogP contribution in [0.2, 0.25) is 5.02 Å². The second kappa shape index (κ2) is 8.60. The summed E-state index contributed by atoms with van der Waals surface area (Å²) < 4.78 is 13.6. The molecule has 1 amide bonds. The van der Waals surface area contributed by atoms with Crippen molar-refractivity contribution in [3.05, 3.63) is 82.5 Å². The number of hydrogen-bond acceptors (Lipinski definition) is 4. The van der Waals surface area contributed by atoms with E-state index in [9.17, 15) is 9.18 Å². The van der Waals surface area contributed by atoms with E-state index in [4.69, 9.17) is 11.6 Å². The van der Waals surface area contributed by atoms with Gasteiger partial charge in [-0.3, -0.25) is 4.79 Å². The fraction of sp³-hybridized carbons (Fsp3) is 0.150. The highest BCUT2D eigenvalue weighted by Crippen LogP contribution is 2.22. The van der Waals surface area contributed by atoms with Crippen LogP contribution in [-0.2, 0) is 6.42 Å². The molecular weight excluding hydrogens is 367 g/mol. The Labute approximate surface area is 161 Å². The van der Waals surface area contributed by atoms with E-state index in [2.05, 4.69) is 20.6 Å². The zero-order valence-corrected chi connectivity index (χ0v) is 15.4. The molecule has 138 valence electrons. The molecule has 0 unspecified atom stereocenters. The van der Waals surface area contributed by atoms with Crippen LogP contribution in [-0.4, -0.2) is 22.4 Å². The summed E-state index contributed by atoms with van der Waals surface area (Å²) in [5.74, 6) is -0.133. The zero-order valence-electron chi connectivity index (χ0n) is 14.7. The Morgan fingerprint density at radius 1 is 1.15 bits per heavy atom. The maximum atomic E-state index is 13.6. The van der Waals surface area contributed by atoms with Crippen LogP contribution in [0.25, 0.3) is 0 Å². The number of aryl methyl sites for hydroxylation is 1. The Hall–Kier alpha value is -2.99. The van der Waals surface area contributed by atoms with E-state index in [-0.39, 0.29) is 17.4 Å². The van der Waals surface area contributed by atoms with E-state index < -0.39 is 0 Å². The number of hydrogen-bond donors (Lipinski definition) is 2. The summed E-state index contributed by atoms with van der Waals surface area (Å²) in [4.78, 5) is 20.5. The highest BCUT2D eigenvalue weighted by Gasteiger charge is 2.09. The molecule has 0 spiro atoms. The first-order chi connectivity index (χ1) is 13.0. The van der Waals surface area contributed by atoms with Crippen LogP contribution >= 0.6 is 11.6 Å². The molecule has 3 aromatic rings. The Morgan fingerprint density at radius 2 is 1.96 bits per heavy atom. The topological polar surface area (TPSA) is 66.9 Å². The van der Waals surface area contributed by atoms with E-state index in [1.807, 2.05) is 19.1 Å². The van der Waals surface area contributed by atoms with E-state index in [0.29, 0.717) is 29.4 Å². The number of nitrogens with one attached hydrogen (secondary N) is 2. The van der Waals surface area contributed by atoms with Crippen LogP contribution in [0.1, 0.15) is 21.6 Å². The standard InChI is InChI=1S/C20H18ClFN4O/c1-13-6-7-15(21)10-17(13)26-19-12-24-18(11-25-19)20(27)23-9-8-14-4-2-3-5-16(14)22/h2-7,10-12H,8-9H2,1H3,(H,23,27)(H,25,26). The molecule has 5 nitrogen and oxygen atoms in total. The summed E-state index contributed by atoms with van der Waals surface area (Å²) in [7, 11) is 0. The quantitative estimate of drug-likeness (QED) is 0.665. The maximum absolute atomic E-state index is 13.6. The van der Waals surface area contributed by atoms with Crippen molar-refractivity contribution in [2.24, 2.45) is 0 Å². The van der Waals surface area contributed by atoms with Gasteiger partial charge in [-0.2, -0.15) is 0 Å². The first-order valence-corrected chi connectivity index (χ1v) is 8.77. The van der Waals surface area contributed by atoms with E-state index >= 15 is 0 Å². The average Bonchev–Trinajstić information content (AvgIpc) is 2.67. The summed E-state index contributed by atoms with van der Waals surface area (Å²) in [5.41, 5.74) is 2.58. The molecule has 7 heteroatoms. The highest BCUT2D eigenvalue weighted by atomic mass is 35.5. The molecule has 0 aliphatic carbocycles. The predicted molar refractivity (Wildman–Crippen MR) is 104 cm³/mol. The van der Waals surface area contributed by atoms with Crippen molar-refractivity contribution in [1.29, 1.82) is 0 Å². The summed E-state index contributed by atoms with van der Waals surface area (Å²) >= 11 is 6.00. The number of benzene rings is 2. The Kier molecular flexibility index (Phi) is 5.98.